The van der Waals surface area contributed by atoms with Crippen molar-refractivity contribution < 1.29 is 32.3 Å². The highest BCUT2D eigenvalue weighted by Crippen LogP contribution is 2.36. The molecule has 1 amide bonds. The van der Waals surface area contributed by atoms with E-state index < -0.39 is 18.0 Å². The molecule has 41 heavy (non-hydrogen) atoms. The molecule has 5 rings (SSSR count). The van der Waals surface area contributed by atoms with Gasteiger partial charge in [-0.05, 0) is 50.0 Å². The number of aromatic nitrogens is 4. The fourth-order valence-corrected chi connectivity index (χ4v) is 4.00. The fourth-order valence-electron chi connectivity index (χ4n) is 4.00. The second-order valence-corrected chi connectivity index (χ2v) is 9.13. The van der Waals surface area contributed by atoms with Crippen LogP contribution >= 0.6 is 0 Å². The molecule has 0 aliphatic carbocycles. The van der Waals surface area contributed by atoms with Crippen LogP contribution in [-0.2, 0) is 4.79 Å². The molecule has 4 aromatic heterocycles. The zero-order valence-electron chi connectivity index (χ0n) is 21.8. The van der Waals surface area contributed by atoms with Gasteiger partial charge in [-0.25, -0.2) is 14.2 Å². The van der Waals surface area contributed by atoms with Crippen LogP contribution in [0, 0.1) is 5.82 Å². The highest BCUT2D eigenvalue weighted by Gasteiger charge is 2.38. The number of carboxylic acids is 1. The Hall–Kier alpha value is -4.91. The lowest BCUT2D eigenvalue weighted by molar-refractivity contribution is -0.192. The number of aromatic amines is 1. The Kier molecular flexibility index (Phi) is 8.57. The van der Waals surface area contributed by atoms with Gasteiger partial charge >= 0.3 is 12.1 Å². The quantitative estimate of drug-likeness (QED) is 0.249. The van der Waals surface area contributed by atoms with Crippen molar-refractivity contribution >= 4 is 33.8 Å². The number of carboxylic acid groups (broad SMARTS) is 1. The van der Waals surface area contributed by atoms with Gasteiger partial charge in [-0.15, -0.1) is 0 Å². The predicted octanol–water partition coefficient (Wildman–Crippen LogP) is 4.90. The highest BCUT2D eigenvalue weighted by atomic mass is 19.4. The third kappa shape index (κ3) is 6.81. The Morgan fingerprint density at radius 3 is 2.41 bits per heavy atom. The number of fused-ring (bicyclic) bond motifs is 3. The number of rotatable bonds is 6. The summed E-state index contributed by atoms with van der Waals surface area (Å²) in [6, 6.07) is 12.7. The van der Waals surface area contributed by atoms with Gasteiger partial charge in [0.1, 0.15) is 11.5 Å². The molecule has 212 valence electrons. The largest absolute Gasteiger partial charge is 0.490 e. The number of nitrogens with zero attached hydrogens (tertiary/aromatic N) is 4. The summed E-state index contributed by atoms with van der Waals surface area (Å²) in [6.07, 6.45) is 1.28. The lowest BCUT2D eigenvalue weighted by Crippen LogP contribution is -2.31. The third-order valence-corrected chi connectivity index (χ3v) is 5.92. The van der Waals surface area contributed by atoms with Crippen molar-refractivity contribution in [1.29, 1.82) is 0 Å². The first-order valence-corrected chi connectivity index (χ1v) is 12.2. The number of hydrogen-bond donors (Lipinski definition) is 3. The lowest BCUT2D eigenvalue weighted by atomic mass is 9.98. The van der Waals surface area contributed by atoms with Crippen LogP contribution in [0.25, 0.3) is 44.3 Å². The average molecular weight is 569 g/mol. The minimum absolute atomic E-state index is 0.198. The highest BCUT2D eigenvalue weighted by molar-refractivity contribution is 6.13. The van der Waals surface area contributed by atoms with Gasteiger partial charge in [0.2, 0.25) is 0 Å². The summed E-state index contributed by atoms with van der Waals surface area (Å²) in [5.74, 6) is -3.41. The number of carbonyl (C=O) groups excluding carboxylic acids is 1. The summed E-state index contributed by atoms with van der Waals surface area (Å²) in [5.41, 5.74) is 4.36. The number of amides is 1. The molecule has 5 aromatic rings. The Morgan fingerprint density at radius 2 is 1.76 bits per heavy atom. The van der Waals surface area contributed by atoms with Gasteiger partial charge in [-0.2, -0.15) is 13.2 Å². The molecule has 9 nitrogen and oxygen atoms in total. The zero-order valence-corrected chi connectivity index (χ0v) is 21.8. The standard InChI is InChI=1S/C26H23FN6O.C2HF3O2/c1-33(2)10-9-29-26(34)17-6-3-5-16(11-17)23-20(27)14-31-25-24(23)19-12-21(30-15-22(19)32-25)18-7-4-8-28-13-18;3-2(4,5)1(6)7/h3-8,11-15H,9-10H2,1-2H3,(H,29,34)(H,31,32);(H,6,7). The summed E-state index contributed by atoms with van der Waals surface area (Å²) in [5, 5.41) is 11.5. The molecule has 0 unspecified atom stereocenters. The maximum Gasteiger partial charge on any atom is 0.490 e. The van der Waals surface area contributed by atoms with E-state index in [4.69, 9.17) is 9.90 Å². The van der Waals surface area contributed by atoms with E-state index in [0.29, 0.717) is 34.3 Å². The molecule has 0 aliphatic heterocycles. The second-order valence-electron chi connectivity index (χ2n) is 9.13. The van der Waals surface area contributed by atoms with Crippen molar-refractivity contribution in [3.8, 4) is 22.4 Å². The van der Waals surface area contributed by atoms with E-state index in [9.17, 15) is 18.0 Å². The van der Waals surface area contributed by atoms with Gasteiger partial charge < -0.3 is 20.3 Å². The Morgan fingerprint density at radius 1 is 1.02 bits per heavy atom. The van der Waals surface area contributed by atoms with Crippen LogP contribution in [0.4, 0.5) is 17.6 Å². The Balaban J connectivity index is 0.000000493. The number of aliphatic carboxylic acids is 1. The van der Waals surface area contributed by atoms with E-state index in [1.54, 1.807) is 42.9 Å². The molecule has 0 saturated carbocycles. The number of likely N-dealkylation sites (N-methyl/N-ethyl adjacent to an activating group) is 1. The normalized spacial score (nSPS) is 11.4. The molecule has 0 bridgehead atoms. The zero-order chi connectivity index (χ0) is 29.7. The summed E-state index contributed by atoms with van der Waals surface area (Å²) >= 11 is 0. The van der Waals surface area contributed by atoms with E-state index in [-0.39, 0.29) is 5.91 Å². The number of benzene rings is 1. The molecule has 0 aliphatic rings. The number of halogens is 4. The first-order valence-electron chi connectivity index (χ1n) is 12.2. The molecule has 0 saturated heterocycles. The number of carbonyl (C=O) groups is 2. The first kappa shape index (κ1) is 29.1. The van der Waals surface area contributed by atoms with Gasteiger partial charge in [0, 0.05) is 52.9 Å². The topological polar surface area (TPSA) is 124 Å². The summed E-state index contributed by atoms with van der Waals surface area (Å²) in [6.45, 7) is 1.25. The van der Waals surface area contributed by atoms with Crippen LogP contribution in [-0.4, -0.2) is 75.2 Å². The van der Waals surface area contributed by atoms with Crippen molar-refractivity contribution in [1.82, 2.24) is 30.2 Å². The number of hydrogen-bond acceptors (Lipinski definition) is 6. The minimum atomic E-state index is -5.08. The van der Waals surface area contributed by atoms with Crippen LogP contribution in [0.3, 0.4) is 0 Å². The van der Waals surface area contributed by atoms with E-state index in [1.807, 2.05) is 37.2 Å². The van der Waals surface area contributed by atoms with Crippen molar-refractivity contribution in [2.24, 2.45) is 0 Å². The van der Waals surface area contributed by atoms with Crippen LogP contribution in [0.2, 0.25) is 0 Å². The number of alkyl halides is 3. The van der Waals surface area contributed by atoms with Crippen molar-refractivity contribution in [2.75, 3.05) is 27.2 Å². The molecular formula is C28H24F4N6O3. The molecule has 1 aromatic carbocycles. The van der Waals surface area contributed by atoms with Crippen LogP contribution in [0.5, 0.6) is 0 Å². The minimum Gasteiger partial charge on any atom is -0.475 e. The van der Waals surface area contributed by atoms with E-state index in [2.05, 4.69) is 25.3 Å². The second kappa shape index (κ2) is 12.1. The van der Waals surface area contributed by atoms with E-state index in [1.165, 1.54) is 6.20 Å². The number of pyridine rings is 3. The molecule has 0 spiro atoms. The SMILES string of the molecule is CN(C)CCNC(=O)c1cccc(-c2c(F)cnc3[nH]c4cnc(-c5cccnc5)cc4c23)c1.O=C(O)C(F)(F)F. The van der Waals surface area contributed by atoms with E-state index in [0.717, 1.165) is 28.7 Å². The number of H-pyrrole nitrogens is 1. The third-order valence-electron chi connectivity index (χ3n) is 5.92. The smallest absolute Gasteiger partial charge is 0.475 e. The van der Waals surface area contributed by atoms with Crippen molar-refractivity contribution in [3.63, 3.8) is 0 Å². The summed E-state index contributed by atoms with van der Waals surface area (Å²) < 4.78 is 47.0. The Bertz CT molecular complexity index is 1700. The Labute approximate surface area is 230 Å². The van der Waals surface area contributed by atoms with Gasteiger partial charge in [0.05, 0.1) is 23.6 Å². The predicted molar refractivity (Wildman–Crippen MR) is 145 cm³/mol. The molecule has 0 fully saturated rings. The molecule has 4 heterocycles. The van der Waals surface area contributed by atoms with Gasteiger partial charge in [0.15, 0.2) is 0 Å². The first-order chi connectivity index (χ1) is 19.5. The summed E-state index contributed by atoms with van der Waals surface area (Å²) in [7, 11) is 3.89. The van der Waals surface area contributed by atoms with Gasteiger partial charge in [-0.1, -0.05) is 12.1 Å². The van der Waals surface area contributed by atoms with Crippen LogP contribution < -0.4 is 5.32 Å². The molecular weight excluding hydrogens is 544 g/mol. The average Bonchev–Trinajstić information content (AvgIpc) is 3.31. The molecule has 0 radical (unpaired) electrons. The van der Waals surface area contributed by atoms with Crippen molar-refractivity contribution in [2.45, 2.75) is 6.18 Å². The molecule has 3 N–H and O–H groups in total. The molecule has 0 atom stereocenters. The monoisotopic (exact) mass is 568 g/mol. The fraction of sp³-hybridized carbons (Fsp3) is 0.179. The van der Waals surface area contributed by atoms with Crippen molar-refractivity contribution in [3.05, 3.63) is 78.6 Å². The maximum absolute atomic E-state index is 15.3. The van der Waals surface area contributed by atoms with E-state index >= 15 is 4.39 Å². The maximum atomic E-state index is 15.3. The van der Waals surface area contributed by atoms with Gasteiger partial charge in [-0.3, -0.25) is 14.8 Å². The van der Waals surface area contributed by atoms with Gasteiger partial charge in [0.25, 0.3) is 5.91 Å². The molecule has 13 heteroatoms. The van der Waals surface area contributed by atoms with Crippen LogP contribution in [0.1, 0.15) is 10.4 Å². The van der Waals surface area contributed by atoms with Crippen LogP contribution in [0.15, 0.2) is 67.3 Å². The number of nitrogens with one attached hydrogen (secondary N) is 2. The summed E-state index contributed by atoms with van der Waals surface area (Å²) in [4.78, 5) is 39.7. The lowest BCUT2D eigenvalue weighted by Gasteiger charge is -2.11.